The molecule has 3 heteroatoms. The van der Waals surface area contributed by atoms with Gasteiger partial charge in [-0.15, -0.1) is 0 Å². The van der Waals surface area contributed by atoms with E-state index < -0.39 is 11.4 Å². The average Bonchev–Trinajstić information content (AvgIpc) is 2.72. The van der Waals surface area contributed by atoms with Crippen LogP contribution >= 0.6 is 0 Å². The molecule has 2 aromatic rings. The van der Waals surface area contributed by atoms with Crippen LogP contribution in [0, 0.1) is 11.3 Å². The molecule has 0 bridgehead atoms. The van der Waals surface area contributed by atoms with Gasteiger partial charge in [-0.25, -0.2) is 0 Å². The van der Waals surface area contributed by atoms with Crippen molar-refractivity contribution in [2.45, 2.75) is 64.2 Å². The number of fused-ring (bicyclic) bond motifs is 3. The third-order valence-corrected chi connectivity index (χ3v) is 7.54. The number of rotatable bonds is 6. The topological polar surface area (TPSA) is 46.5 Å². The van der Waals surface area contributed by atoms with Crippen molar-refractivity contribution < 1.29 is 14.6 Å². The summed E-state index contributed by atoms with van der Waals surface area (Å²) in [5.41, 5.74) is 3.32. The molecule has 29 heavy (non-hydrogen) atoms. The van der Waals surface area contributed by atoms with Gasteiger partial charge in [0.2, 0.25) is 0 Å². The van der Waals surface area contributed by atoms with Crippen LogP contribution in [0.1, 0.15) is 62.6 Å². The van der Waals surface area contributed by atoms with Crippen LogP contribution < -0.4 is 4.74 Å². The predicted octanol–water partition coefficient (Wildman–Crippen LogP) is 5.79. The Balaban J connectivity index is 1.49. The number of carboxylic acids is 1. The highest BCUT2D eigenvalue weighted by atomic mass is 16.5. The molecule has 0 radical (unpaired) electrons. The first-order valence-electron chi connectivity index (χ1n) is 11.0. The smallest absolute Gasteiger partial charge is 0.309 e. The summed E-state index contributed by atoms with van der Waals surface area (Å²) in [6.07, 6.45) is 6.74. The number of carbonyl (C=O) groups is 1. The Bertz CT molecular complexity index is 875. The first-order valence-corrected chi connectivity index (χ1v) is 11.0. The minimum Gasteiger partial charge on any atom is -0.494 e. The van der Waals surface area contributed by atoms with Gasteiger partial charge >= 0.3 is 5.97 Å². The molecular formula is C26H32O3. The van der Waals surface area contributed by atoms with Crippen LogP contribution in [-0.2, 0) is 23.1 Å². The SMILES string of the molecule is C[C@]1(C(=O)O)CCC[C@]2(C)c3cc(OCCCc4ccccc4)ccc3CC[C@@H]12. The minimum absolute atomic E-state index is 0.0810. The minimum atomic E-state index is -0.634. The van der Waals surface area contributed by atoms with Gasteiger partial charge in [0.05, 0.1) is 12.0 Å². The van der Waals surface area contributed by atoms with E-state index in [4.69, 9.17) is 4.74 Å². The molecule has 3 atom stereocenters. The summed E-state index contributed by atoms with van der Waals surface area (Å²) in [5, 5.41) is 9.97. The Kier molecular flexibility index (Phi) is 5.42. The van der Waals surface area contributed by atoms with Crippen LogP contribution in [0.15, 0.2) is 48.5 Å². The fraction of sp³-hybridized carbons (Fsp3) is 0.500. The van der Waals surface area contributed by atoms with Crippen molar-refractivity contribution in [3.8, 4) is 5.75 Å². The van der Waals surface area contributed by atoms with E-state index in [0.717, 1.165) is 50.7 Å². The van der Waals surface area contributed by atoms with E-state index in [-0.39, 0.29) is 11.3 Å². The lowest BCUT2D eigenvalue weighted by Crippen LogP contribution is -2.52. The third-order valence-electron chi connectivity index (χ3n) is 7.54. The van der Waals surface area contributed by atoms with Crippen LogP contribution in [0.4, 0.5) is 0 Å². The van der Waals surface area contributed by atoms with Crippen LogP contribution in [-0.4, -0.2) is 17.7 Å². The molecule has 1 fully saturated rings. The van der Waals surface area contributed by atoms with Crippen molar-refractivity contribution in [2.24, 2.45) is 11.3 Å². The second-order valence-electron chi connectivity index (χ2n) is 9.34. The first-order chi connectivity index (χ1) is 13.9. The molecule has 3 nitrogen and oxygen atoms in total. The first kappa shape index (κ1) is 20.0. The maximum absolute atomic E-state index is 12.1. The van der Waals surface area contributed by atoms with Crippen LogP contribution in [0.3, 0.4) is 0 Å². The average molecular weight is 393 g/mol. The van der Waals surface area contributed by atoms with Crippen LogP contribution in [0.2, 0.25) is 0 Å². The van der Waals surface area contributed by atoms with Gasteiger partial charge in [0, 0.05) is 0 Å². The summed E-state index contributed by atoms with van der Waals surface area (Å²) in [7, 11) is 0. The van der Waals surface area contributed by atoms with Gasteiger partial charge in [-0.2, -0.15) is 0 Å². The van der Waals surface area contributed by atoms with E-state index in [1.165, 1.54) is 16.7 Å². The van der Waals surface area contributed by atoms with Crippen molar-refractivity contribution in [2.75, 3.05) is 6.61 Å². The molecule has 0 saturated heterocycles. The highest BCUT2D eigenvalue weighted by molar-refractivity contribution is 5.75. The Morgan fingerprint density at radius 2 is 1.93 bits per heavy atom. The zero-order valence-corrected chi connectivity index (χ0v) is 17.6. The molecule has 1 saturated carbocycles. The van der Waals surface area contributed by atoms with Crippen LogP contribution in [0.5, 0.6) is 5.75 Å². The van der Waals surface area contributed by atoms with Crippen molar-refractivity contribution in [1.29, 1.82) is 0 Å². The molecule has 154 valence electrons. The van der Waals surface area contributed by atoms with E-state index in [0.29, 0.717) is 6.61 Å². The quantitative estimate of drug-likeness (QED) is 0.633. The van der Waals surface area contributed by atoms with E-state index >= 15 is 0 Å². The van der Waals surface area contributed by atoms with Gasteiger partial charge in [0.25, 0.3) is 0 Å². The van der Waals surface area contributed by atoms with E-state index in [1.54, 1.807) is 0 Å². The molecule has 2 aliphatic rings. The van der Waals surface area contributed by atoms with Gasteiger partial charge in [0.15, 0.2) is 0 Å². The standard InChI is InChI=1S/C26H32O3/c1-25-15-7-16-26(2,24(27)28)23(25)14-12-20-11-13-21(18-22(20)25)29-17-6-10-19-8-4-3-5-9-19/h3-5,8-9,11,13,18,23H,6-7,10,12,14-17H2,1-2H3,(H,27,28)/t23-,25-,26+/m1/s1. The Morgan fingerprint density at radius 3 is 2.69 bits per heavy atom. The second-order valence-corrected chi connectivity index (χ2v) is 9.34. The molecule has 0 amide bonds. The van der Waals surface area contributed by atoms with Crippen molar-refractivity contribution >= 4 is 5.97 Å². The molecule has 0 heterocycles. The van der Waals surface area contributed by atoms with E-state index in [9.17, 15) is 9.90 Å². The molecule has 0 unspecified atom stereocenters. The lowest BCUT2D eigenvalue weighted by atomic mass is 9.50. The summed E-state index contributed by atoms with van der Waals surface area (Å²) in [5.74, 6) is 0.466. The molecule has 0 aromatic heterocycles. The monoisotopic (exact) mass is 392 g/mol. The fourth-order valence-corrected chi connectivity index (χ4v) is 5.90. The number of benzene rings is 2. The number of hydrogen-bond acceptors (Lipinski definition) is 2. The van der Waals surface area contributed by atoms with Gasteiger partial charge in [-0.3, -0.25) is 4.79 Å². The normalized spacial score (nSPS) is 28.3. The molecule has 2 aliphatic carbocycles. The Morgan fingerprint density at radius 1 is 1.14 bits per heavy atom. The van der Waals surface area contributed by atoms with Crippen LogP contribution in [0.25, 0.3) is 0 Å². The van der Waals surface area contributed by atoms with E-state index in [2.05, 4.69) is 49.4 Å². The zero-order valence-electron chi connectivity index (χ0n) is 17.6. The molecule has 1 N–H and O–H groups in total. The zero-order chi connectivity index (χ0) is 20.5. The van der Waals surface area contributed by atoms with Gasteiger partial charge < -0.3 is 9.84 Å². The van der Waals surface area contributed by atoms with Gasteiger partial charge in [-0.05, 0) is 85.6 Å². The van der Waals surface area contributed by atoms with Crippen molar-refractivity contribution in [3.05, 3.63) is 65.2 Å². The Labute approximate surface area is 174 Å². The lowest BCUT2D eigenvalue weighted by molar-refractivity contribution is -0.157. The van der Waals surface area contributed by atoms with Gasteiger partial charge in [0.1, 0.15) is 5.75 Å². The maximum atomic E-state index is 12.1. The number of aryl methyl sites for hydroxylation is 2. The number of carboxylic acid groups (broad SMARTS) is 1. The number of ether oxygens (including phenoxy) is 1. The van der Waals surface area contributed by atoms with E-state index in [1.807, 2.05) is 13.0 Å². The molecule has 0 aliphatic heterocycles. The van der Waals surface area contributed by atoms with Crippen molar-refractivity contribution in [3.63, 3.8) is 0 Å². The summed E-state index contributed by atoms with van der Waals surface area (Å²) >= 11 is 0. The molecular weight excluding hydrogens is 360 g/mol. The second kappa shape index (κ2) is 7.85. The third kappa shape index (κ3) is 3.68. The number of aliphatic carboxylic acids is 1. The predicted molar refractivity (Wildman–Crippen MR) is 115 cm³/mol. The molecule has 2 aromatic carbocycles. The highest BCUT2D eigenvalue weighted by Crippen LogP contribution is 2.57. The van der Waals surface area contributed by atoms with Crippen molar-refractivity contribution in [1.82, 2.24) is 0 Å². The summed E-state index contributed by atoms with van der Waals surface area (Å²) in [4.78, 5) is 12.1. The molecule has 4 rings (SSSR count). The maximum Gasteiger partial charge on any atom is 0.309 e. The molecule has 0 spiro atoms. The largest absolute Gasteiger partial charge is 0.494 e. The number of hydrogen-bond donors (Lipinski definition) is 1. The summed E-state index contributed by atoms with van der Waals surface area (Å²) in [6.45, 7) is 4.95. The lowest BCUT2D eigenvalue weighted by Gasteiger charge is -2.53. The summed E-state index contributed by atoms with van der Waals surface area (Å²) in [6, 6.07) is 17.0. The Hall–Kier alpha value is -2.29. The highest BCUT2D eigenvalue weighted by Gasteiger charge is 2.55. The summed E-state index contributed by atoms with van der Waals surface area (Å²) < 4.78 is 6.10. The fourth-order valence-electron chi connectivity index (χ4n) is 5.90. The van der Waals surface area contributed by atoms with Gasteiger partial charge in [-0.1, -0.05) is 49.7 Å².